The molecule has 1 saturated heterocycles. The maximum absolute atomic E-state index is 5.88. The van der Waals surface area contributed by atoms with Gasteiger partial charge in [0.25, 0.3) is 0 Å². The first kappa shape index (κ1) is 22.5. The number of piperidine rings is 1. The third-order valence-corrected chi connectivity index (χ3v) is 4.84. The molecule has 0 aliphatic carbocycles. The molecule has 0 atom stereocenters. The number of guanidine groups is 1. The zero-order chi connectivity index (χ0) is 18.9. The fourth-order valence-corrected chi connectivity index (χ4v) is 3.19. The number of aliphatic imine (C=N–C) groups is 1. The predicted octanol–water partition coefficient (Wildman–Crippen LogP) is 4.48. The van der Waals surface area contributed by atoms with E-state index in [0.29, 0.717) is 13.2 Å². The van der Waals surface area contributed by atoms with Crippen molar-refractivity contribution in [2.75, 3.05) is 19.6 Å². The van der Waals surface area contributed by atoms with E-state index in [0.717, 1.165) is 48.5 Å². The smallest absolute Gasteiger partial charge is 0.194 e. The second-order valence-electron chi connectivity index (χ2n) is 7.10. The lowest BCUT2D eigenvalue weighted by Crippen LogP contribution is -2.45. The van der Waals surface area contributed by atoms with Crippen molar-refractivity contribution in [3.8, 4) is 5.75 Å². The summed E-state index contributed by atoms with van der Waals surface area (Å²) in [5.41, 5.74) is 2.07. The molecule has 0 unspecified atom stereocenters. The van der Waals surface area contributed by atoms with Gasteiger partial charge in [0.05, 0.1) is 12.2 Å². The van der Waals surface area contributed by atoms with Gasteiger partial charge in [-0.15, -0.1) is 24.0 Å². The number of nitrogens with zero attached hydrogens (tertiary/aromatic N) is 3. The Kier molecular flexibility index (Phi) is 9.54. The fourth-order valence-electron chi connectivity index (χ4n) is 3.19. The second-order valence-corrected chi connectivity index (χ2v) is 7.10. The van der Waals surface area contributed by atoms with E-state index in [1.54, 1.807) is 6.20 Å². The number of likely N-dealkylation sites (tertiary alicyclic amines) is 1. The van der Waals surface area contributed by atoms with E-state index in [9.17, 15) is 0 Å². The predicted molar refractivity (Wildman–Crippen MR) is 125 cm³/mol. The van der Waals surface area contributed by atoms with Crippen molar-refractivity contribution >= 4 is 29.9 Å². The highest BCUT2D eigenvalue weighted by Gasteiger charge is 2.18. The molecular formula is C22H31IN4O. The van der Waals surface area contributed by atoms with Crippen LogP contribution < -0.4 is 10.1 Å². The Bertz CT molecular complexity index is 730. The van der Waals surface area contributed by atoms with Gasteiger partial charge in [-0.25, -0.2) is 4.99 Å². The van der Waals surface area contributed by atoms with Crippen molar-refractivity contribution in [1.29, 1.82) is 0 Å². The van der Waals surface area contributed by atoms with Crippen molar-refractivity contribution in [3.05, 3.63) is 59.9 Å². The van der Waals surface area contributed by atoms with Crippen LogP contribution in [0.4, 0.5) is 0 Å². The van der Waals surface area contributed by atoms with Crippen LogP contribution in [0.2, 0.25) is 0 Å². The van der Waals surface area contributed by atoms with Gasteiger partial charge in [0.1, 0.15) is 12.4 Å². The Morgan fingerprint density at radius 1 is 1.21 bits per heavy atom. The van der Waals surface area contributed by atoms with Crippen molar-refractivity contribution in [2.24, 2.45) is 10.9 Å². The molecule has 1 fully saturated rings. The third-order valence-electron chi connectivity index (χ3n) is 4.84. The van der Waals surface area contributed by atoms with E-state index in [4.69, 9.17) is 9.73 Å². The zero-order valence-corrected chi connectivity index (χ0v) is 19.1. The molecule has 1 aromatic carbocycles. The first-order valence-corrected chi connectivity index (χ1v) is 9.89. The molecule has 5 nitrogen and oxygen atoms in total. The fraction of sp³-hybridized carbons (Fsp3) is 0.455. The molecule has 2 heterocycles. The highest BCUT2D eigenvalue weighted by Crippen LogP contribution is 2.18. The lowest BCUT2D eigenvalue weighted by molar-refractivity contribution is 0.273. The number of pyridine rings is 1. The van der Waals surface area contributed by atoms with Gasteiger partial charge in [-0.05, 0) is 55.5 Å². The van der Waals surface area contributed by atoms with Gasteiger partial charge in [0.15, 0.2) is 5.96 Å². The average Bonchev–Trinajstić information content (AvgIpc) is 2.71. The minimum atomic E-state index is 0. The Balaban J connectivity index is 0.00000280. The Hall–Kier alpha value is -1.83. The van der Waals surface area contributed by atoms with Gasteiger partial charge >= 0.3 is 0 Å². The van der Waals surface area contributed by atoms with Crippen LogP contribution >= 0.6 is 24.0 Å². The lowest BCUT2D eigenvalue weighted by Gasteiger charge is -2.33. The summed E-state index contributed by atoms with van der Waals surface area (Å²) in [5, 5.41) is 3.44. The highest BCUT2D eigenvalue weighted by atomic mass is 127. The molecular weight excluding hydrogens is 463 g/mol. The van der Waals surface area contributed by atoms with Gasteiger partial charge in [-0.2, -0.15) is 0 Å². The summed E-state index contributed by atoms with van der Waals surface area (Å²) in [6.45, 7) is 8.63. The summed E-state index contributed by atoms with van der Waals surface area (Å²) in [5.74, 6) is 2.69. The highest BCUT2D eigenvalue weighted by molar-refractivity contribution is 14.0. The topological polar surface area (TPSA) is 49.8 Å². The molecule has 0 amide bonds. The standard InChI is InChI=1S/C22H30N4O.HI/c1-3-23-22(26-13-10-18(2)11-14-26)25-16-19-7-6-9-21(15-19)27-17-20-8-4-5-12-24-20;/h4-9,12,15,18H,3,10-11,13-14,16-17H2,1-2H3,(H,23,25);1H. The summed E-state index contributed by atoms with van der Waals surface area (Å²) in [6, 6.07) is 14.0. The maximum atomic E-state index is 5.88. The summed E-state index contributed by atoms with van der Waals surface area (Å²) in [7, 11) is 0. The number of benzene rings is 1. The molecule has 152 valence electrons. The quantitative estimate of drug-likeness (QED) is 0.366. The van der Waals surface area contributed by atoms with E-state index >= 15 is 0 Å². The van der Waals surface area contributed by atoms with Gasteiger partial charge in [-0.3, -0.25) is 4.98 Å². The zero-order valence-electron chi connectivity index (χ0n) is 16.8. The van der Waals surface area contributed by atoms with E-state index in [-0.39, 0.29) is 24.0 Å². The van der Waals surface area contributed by atoms with Crippen molar-refractivity contribution in [1.82, 2.24) is 15.2 Å². The van der Waals surface area contributed by atoms with Gasteiger partial charge in [-0.1, -0.05) is 25.1 Å². The van der Waals surface area contributed by atoms with Crippen LogP contribution in [0.15, 0.2) is 53.7 Å². The molecule has 2 aromatic rings. The van der Waals surface area contributed by atoms with Gasteiger partial charge < -0.3 is 15.0 Å². The molecule has 0 saturated carbocycles. The normalized spacial score (nSPS) is 15.1. The van der Waals surface area contributed by atoms with Crippen molar-refractivity contribution in [3.63, 3.8) is 0 Å². The molecule has 0 spiro atoms. The van der Waals surface area contributed by atoms with Crippen LogP contribution in [0.1, 0.15) is 37.9 Å². The van der Waals surface area contributed by atoms with Crippen LogP contribution in [-0.2, 0) is 13.2 Å². The lowest BCUT2D eigenvalue weighted by atomic mass is 10.00. The molecule has 1 aliphatic heterocycles. The first-order valence-electron chi connectivity index (χ1n) is 9.89. The summed E-state index contributed by atoms with van der Waals surface area (Å²) >= 11 is 0. The molecule has 1 aliphatic rings. The molecule has 0 bridgehead atoms. The number of aromatic nitrogens is 1. The number of hydrogen-bond acceptors (Lipinski definition) is 3. The molecule has 6 heteroatoms. The van der Waals surface area contributed by atoms with Crippen molar-refractivity contribution in [2.45, 2.75) is 39.8 Å². The molecule has 1 aromatic heterocycles. The van der Waals surface area contributed by atoms with Crippen LogP contribution in [0.5, 0.6) is 5.75 Å². The van der Waals surface area contributed by atoms with E-state index in [1.807, 2.05) is 30.3 Å². The number of ether oxygens (including phenoxy) is 1. The average molecular weight is 494 g/mol. The van der Waals surface area contributed by atoms with Crippen LogP contribution in [-0.4, -0.2) is 35.5 Å². The molecule has 3 rings (SSSR count). The Morgan fingerprint density at radius 3 is 2.75 bits per heavy atom. The van der Waals surface area contributed by atoms with E-state index < -0.39 is 0 Å². The molecule has 0 radical (unpaired) electrons. The van der Waals surface area contributed by atoms with E-state index in [1.165, 1.54) is 12.8 Å². The largest absolute Gasteiger partial charge is 0.487 e. The minimum Gasteiger partial charge on any atom is -0.487 e. The summed E-state index contributed by atoms with van der Waals surface area (Å²) in [4.78, 5) is 11.5. The number of halogens is 1. The van der Waals surface area contributed by atoms with Crippen LogP contribution in [0.3, 0.4) is 0 Å². The number of nitrogens with one attached hydrogen (secondary N) is 1. The third kappa shape index (κ3) is 6.96. The van der Waals surface area contributed by atoms with Gasteiger partial charge in [0, 0.05) is 25.8 Å². The monoisotopic (exact) mass is 494 g/mol. The Morgan fingerprint density at radius 2 is 2.04 bits per heavy atom. The number of rotatable bonds is 6. The maximum Gasteiger partial charge on any atom is 0.194 e. The summed E-state index contributed by atoms with van der Waals surface area (Å²) in [6.07, 6.45) is 4.26. The molecule has 1 N–H and O–H groups in total. The minimum absolute atomic E-state index is 0. The second kappa shape index (κ2) is 11.9. The van der Waals surface area contributed by atoms with Gasteiger partial charge in [0.2, 0.25) is 0 Å². The molecule has 28 heavy (non-hydrogen) atoms. The Labute approximate surface area is 185 Å². The van der Waals surface area contributed by atoms with Crippen LogP contribution in [0.25, 0.3) is 0 Å². The summed E-state index contributed by atoms with van der Waals surface area (Å²) < 4.78 is 5.88. The first-order chi connectivity index (χ1) is 13.2. The van der Waals surface area contributed by atoms with Crippen LogP contribution in [0, 0.1) is 5.92 Å². The number of hydrogen-bond donors (Lipinski definition) is 1. The SMILES string of the molecule is CCNC(=NCc1cccc(OCc2ccccn2)c1)N1CCC(C)CC1.I. The van der Waals surface area contributed by atoms with Crippen molar-refractivity contribution < 1.29 is 4.74 Å². The van der Waals surface area contributed by atoms with E-state index in [2.05, 4.69) is 41.2 Å².